The highest BCUT2D eigenvalue weighted by Gasteiger charge is 2.19. The van der Waals surface area contributed by atoms with Gasteiger partial charge in [0.05, 0.1) is 23.1 Å². The van der Waals surface area contributed by atoms with Crippen LogP contribution in [-0.4, -0.2) is 29.9 Å². The molecule has 0 bridgehead atoms. The Balaban J connectivity index is 1.97. The summed E-state index contributed by atoms with van der Waals surface area (Å²) in [6.45, 7) is 0. The van der Waals surface area contributed by atoms with Crippen LogP contribution in [0.2, 0.25) is 0 Å². The maximum Gasteiger partial charge on any atom is 0.162 e. The number of aromatic amines is 1. The van der Waals surface area contributed by atoms with Gasteiger partial charge in [0.2, 0.25) is 0 Å². The first kappa shape index (κ1) is 13.3. The number of H-pyrrole nitrogens is 1. The summed E-state index contributed by atoms with van der Waals surface area (Å²) in [5, 5.41) is 0. The van der Waals surface area contributed by atoms with E-state index in [1.165, 1.54) is 0 Å². The molecule has 0 unspecified atom stereocenters. The van der Waals surface area contributed by atoms with Gasteiger partial charge in [0.15, 0.2) is 5.82 Å². The first-order valence-corrected chi connectivity index (χ1v) is 7.10. The van der Waals surface area contributed by atoms with Gasteiger partial charge in [-0.1, -0.05) is 6.07 Å². The standard InChI is InChI=1S/C17H12N6/c1-2-5-19-13(4-1)12-10-23-16(14-11-18-8-9-20-14)15(12)17-21-6-3-7-22-17/h1-11,23H. The summed E-state index contributed by atoms with van der Waals surface area (Å²) < 4.78 is 0. The molecule has 23 heavy (non-hydrogen) atoms. The molecule has 0 spiro atoms. The lowest BCUT2D eigenvalue weighted by molar-refractivity contribution is 1.16. The molecule has 6 nitrogen and oxygen atoms in total. The number of hydrogen-bond acceptors (Lipinski definition) is 5. The lowest BCUT2D eigenvalue weighted by Crippen LogP contribution is -1.93. The zero-order chi connectivity index (χ0) is 15.5. The van der Waals surface area contributed by atoms with Crippen LogP contribution in [0.3, 0.4) is 0 Å². The number of nitrogens with one attached hydrogen (secondary N) is 1. The molecule has 0 atom stereocenters. The Labute approximate surface area is 132 Å². The Morgan fingerprint density at radius 2 is 1.57 bits per heavy atom. The summed E-state index contributed by atoms with van der Waals surface area (Å²) in [6, 6.07) is 7.58. The molecule has 1 N–H and O–H groups in total. The molecule has 0 saturated carbocycles. The molecule has 0 fully saturated rings. The van der Waals surface area contributed by atoms with Crippen LogP contribution >= 0.6 is 0 Å². The van der Waals surface area contributed by atoms with Gasteiger partial charge in [-0.2, -0.15) is 0 Å². The van der Waals surface area contributed by atoms with Crippen LogP contribution < -0.4 is 0 Å². The maximum absolute atomic E-state index is 4.43. The topological polar surface area (TPSA) is 80.2 Å². The quantitative estimate of drug-likeness (QED) is 0.629. The van der Waals surface area contributed by atoms with Crippen molar-refractivity contribution in [1.82, 2.24) is 29.9 Å². The highest BCUT2D eigenvalue weighted by Crippen LogP contribution is 2.36. The molecule has 0 aliphatic heterocycles. The number of aromatic nitrogens is 6. The minimum atomic E-state index is 0.620. The molecule has 0 aromatic carbocycles. The van der Waals surface area contributed by atoms with E-state index in [1.54, 1.807) is 43.2 Å². The van der Waals surface area contributed by atoms with E-state index >= 15 is 0 Å². The highest BCUT2D eigenvalue weighted by molar-refractivity contribution is 5.89. The third kappa shape index (κ3) is 2.46. The number of rotatable bonds is 3. The Morgan fingerprint density at radius 3 is 2.30 bits per heavy atom. The zero-order valence-electron chi connectivity index (χ0n) is 12.1. The second-order valence-electron chi connectivity index (χ2n) is 4.83. The smallest absolute Gasteiger partial charge is 0.162 e. The van der Waals surface area contributed by atoms with Gasteiger partial charge in [-0.15, -0.1) is 0 Å². The van der Waals surface area contributed by atoms with Crippen LogP contribution in [0, 0.1) is 0 Å². The van der Waals surface area contributed by atoms with Crippen molar-refractivity contribution in [3.8, 4) is 34.0 Å². The molecule has 4 rings (SSSR count). The molecular formula is C17H12N6. The third-order valence-electron chi connectivity index (χ3n) is 3.43. The van der Waals surface area contributed by atoms with E-state index in [4.69, 9.17) is 0 Å². The summed E-state index contributed by atoms with van der Waals surface area (Å²) in [5.41, 5.74) is 4.20. The van der Waals surface area contributed by atoms with Gasteiger partial charge in [-0.3, -0.25) is 15.0 Å². The van der Waals surface area contributed by atoms with Crippen LogP contribution in [0.5, 0.6) is 0 Å². The Hall–Kier alpha value is -3.41. The molecular weight excluding hydrogens is 288 g/mol. The fourth-order valence-corrected chi connectivity index (χ4v) is 2.44. The van der Waals surface area contributed by atoms with E-state index in [0.717, 1.165) is 28.2 Å². The van der Waals surface area contributed by atoms with Crippen LogP contribution in [-0.2, 0) is 0 Å². The van der Waals surface area contributed by atoms with E-state index in [9.17, 15) is 0 Å². The Morgan fingerprint density at radius 1 is 0.739 bits per heavy atom. The van der Waals surface area contributed by atoms with Gasteiger partial charge in [-0.05, 0) is 18.2 Å². The molecule has 0 saturated heterocycles. The van der Waals surface area contributed by atoms with Crippen molar-refractivity contribution in [3.05, 3.63) is 67.6 Å². The number of pyridine rings is 1. The van der Waals surface area contributed by atoms with Crippen molar-refractivity contribution in [2.45, 2.75) is 0 Å². The van der Waals surface area contributed by atoms with Gasteiger partial charge in [0.25, 0.3) is 0 Å². The van der Waals surface area contributed by atoms with E-state index in [0.29, 0.717) is 5.82 Å². The van der Waals surface area contributed by atoms with Crippen LogP contribution in [0.15, 0.2) is 67.6 Å². The monoisotopic (exact) mass is 300 g/mol. The number of hydrogen-bond donors (Lipinski definition) is 1. The molecule has 0 aliphatic rings. The van der Waals surface area contributed by atoms with Crippen molar-refractivity contribution < 1.29 is 0 Å². The normalized spacial score (nSPS) is 10.6. The van der Waals surface area contributed by atoms with Gasteiger partial charge in [-0.25, -0.2) is 9.97 Å². The highest BCUT2D eigenvalue weighted by atomic mass is 14.9. The van der Waals surface area contributed by atoms with Gasteiger partial charge < -0.3 is 4.98 Å². The van der Waals surface area contributed by atoms with E-state index in [1.807, 2.05) is 24.4 Å². The first-order chi connectivity index (χ1) is 11.4. The average molecular weight is 300 g/mol. The molecule has 4 aromatic heterocycles. The fourth-order valence-electron chi connectivity index (χ4n) is 2.44. The van der Waals surface area contributed by atoms with Crippen molar-refractivity contribution in [1.29, 1.82) is 0 Å². The predicted molar refractivity (Wildman–Crippen MR) is 86.1 cm³/mol. The van der Waals surface area contributed by atoms with Crippen molar-refractivity contribution in [3.63, 3.8) is 0 Å². The summed E-state index contributed by atoms with van der Waals surface area (Å²) >= 11 is 0. The second kappa shape index (κ2) is 5.76. The lowest BCUT2D eigenvalue weighted by atomic mass is 10.1. The van der Waals surface area contributed by atoms with E-state index in [2.05, 4.69) is 29.9 Å². The van der Waals surface area contributed by atoms with Gasteiger partial charge in [0.1, 0.15) is 5.69 Å². The summed E-state index contributed by atoms with van der Waals surface area (Å²) in [5.74, 6) is 0.620. The van der Waals surface area contributed by atoms with Crippen LogP contribution in [0.4, 0.5) is 0 Å². The van der Waals surface area contributed by atoms with Gasteiger partial charge >= 0.3 is 0 Å². The molecule has 0 radical (unpaired) electrons. The summed E-state index contributed by atoms with van der Waals surface area (Å²) in [6.07, 6.45) is 12.1. The molecule has 4 heterocycles. The Bertz CT molecular complexity index is 847. The fraction of sp³-hybridized carbons (Fsp3) is 0. The second-order valence-corrected chi connectivity index (χ2v) is 4.83. The van der Waals surface area contributed by atoms with E-state index < -0.39 is 0 Å². The minimum absolute atomic E-state index is 0.620. The van der Waals surface area contributed by atoms with Gasteiger partial charge in [0, 0.05) is 42.7 Å². The SMILES string of the molecule is c1ccc(-c2c[nH]c(-c3cnccn3)c2-c2ncccn2)nc1. The summed E-state index contributed by atoms with van der Waals surface area (Å²) in [4.78, 5) is 25.0. The molecule has 0 amide bonds. The molecule has 0 aliphatic carbocycles. The average Bonchev–Trinajstić information content (AvgIpc) is 3.09. The minimum Gasteiger partial charge on any atom is -0.359 e. The number of nitrogens with zero attached hydrogens (tertiary/aromatic N) is 5. The Kier molecular flexibility index (Phi) is 3.32. The third-order valence-corrected chi connectivity index (χ3v) is 3.43. The first-order valence-electron chi connectivity index (χ1n) is 7.10. The van der Waals surface area contributed by atoms with Crippen molar-refractivity contribution in [2.75, 3.05) is 0 Å². The molecule has 6 heteroatoms. The zero-order valence-corrected chi connectivity index (χ0v) is 12.1. The summed E-state index contributed by atoms with van der Waals surface area (Å²) in [7, 11) is 0. The lowest BCUT2D eigenvalue weighted by Gasteiger charge is -2.05. The van der Waals surface area contributed by atoms with Crippen LogP contribution in [0.25, 0.3) is 34.0 Å². The predicted octanol–water partition coefficient (Wildman–Crippen LogP) is 2.99. The maximum atomic E-state index is 4.43. The van der Waals surface area contributed by atoms with Crippen molar-refractivity contribution >= 4 is 0 Å². The van der Waals surface area contributed by atoms with Crippen molar-refractivity contribution in [2.24, 2.45) is 0 Å². The molecule has 4 aromatic rings. The molecule has 110 valence electrons. The van der Waals surface area contributed by atoms with Crippen LogP contribution in [0.1, 0.15) is 0 Å². The largest absolute Gasteiger partial charge is 0.359 e. The van der Waals surface area contributed by atoms with E-state index in [-0.39, 0.29) is 0 Å².